The lowest BCUT2D eigenvalue weighted by molar-refractivity contribution is -0.139. The average Bonchev–Trinajstić information content (AvgIpc) is 2.32. The molecule has 0 saturated heterocycles. The van der Waals surface area contributed by atoms with Gasteiger partial charge >= 0.3 is 12.0 Å². The van der Waals surface area contributed by atoms with Gasteiger partial charge in [0.25, 0.3) is 0 Å². The molecular weight excluding hydrogens is 336 g/mol. The first-order valence-electron chi connectivity index (χ1n) is 3.93. The van der Waals surface area contributed by atoms with E-state index >= 15 is 0 Å². The molecule has 1 heterocycles. The molecule has 8 heteroatoms. The summed E-state index contributed by atoms with van der Waals surface area (Å²) in [4.78, 5) is 22.2. The van der Waals surface area contributed by atoms with E-state index in [1.165, 1.54) is 6.92 Å². The van der Waals surface area contributed by atoms with Gasteiger partial charge in [0.1, 0.15) is 10.7 Å². The minimum Gasteiger partial charge on any atom is -0.433 e. The van der Waals surface area contributed by atoms with E-state index in [0.29, 0.717) is 4.48 Å². The third kappa shape index (κ3) is 3.18. The van der Waals surface area contributed by atoms with Crippen LogP contribution >= 0.6 is 31.9 Å². The molecule has 1 aliphatic heterocycles. The van der Waals surface area contributed by atoms with Crippen LogP contribution in [0, 0.1) is 0 Å². The number of halogens is 2. The Kier molecular flexibility index (Phi) is 4.12. The van der Waals surface area contributed by atoms with Crippen molar-refractivity contribution in [3.8, 4) is 0 Å². The van der Waals surface area contributed by atoms with Crippen molar-refractivity contribution in [2.24, 2.45) is 0 Å². The van der Waals surface area contributed by atoms with Crippen molar-refractivity contribution in [2.75, 3.05) is 0 Å². The first-order chi connectivity index (χ1) is 6.91. The fraction of sp³-hybridized carbons (Fsp3) is 0.429. The van der Waals surface area contributed by atoms with Crippen molar-refractivity contribution >= 4 is 43.9 Å². The van der Waals surface area contributed by atoms with E-state index in [-0.39, 0.29) is 4.48 Å². The van der Waals surface area contributed by atoms with Crippen LogP contribution in [0.1, 0.15) is 6.92 Å². The summed E-state index contributed by atoms with van der Waals surface area (Å²) in [6.07, 6.45) is -1.85. The number of cyclic esters (lactones) is 1. The largest absolute Gasteiger partial charge is 0.433 e. The summed E-state index contributed by atoms with van der Waals surface area (Å²) in [6.45, 7) is 1.39. The summed E-state index contributed by atoms with van der Waals surface area (Å²) in [5.41, 5.74) is 0. The number of aliphatic hydroxyl groups excluding tert-OH is 1. The summed E-state index contributed by atoms with van der Waals surface area (Å²) in [6, 6.07) is -0.637. The lowest BCUT2D eigenvalue weighted by Gasteiger charge is -2.14. The SMILES string of the molecule is CC(O)NC(=O)NC1OC(=O)C(Br)=C1Br. The highest BCUT2D eigenvalue weighted by molar-refractivity contribution is 9.14. The highest BCUT2D eigenvalue weighted by atomic mass is 79.9. The highest BCUT2D eigenvalue weighted by Gasteiger charge is 2.32. The summed E-state index contributed by atoms with van der Waals surface area (Å²) in [7, 11) is 0. The highest BCUT2D eigenvalue weighted by Crippen LogP contribution is 2.29. The van der Waals surface area contributed by atoms with E-state index in [4.69, 9.17) is 9.84 Å². The lowest BCUT2D eigenvalue weighted by Crippen LogP contribution is -2.45. The monoisotopic (exact) mass is 342 g/mol. The van der Waals surface area contributed by atoms with Crippen molar-refractivity contribution in [3.05, 3.63) is 8.96 Å². The standard InChI is InChI=1S/C7H8Br2N2O4/c1-2(12)10-7(14)11-5-3(8)4(9)6(13)15-5/h2,5,12H,1H3,(H2,10,11,14). The molecule has 6 nitrogen and oxygen atoms in total. The van der Waals surface area contributed by atoms with Crippen molar-refractivity contribution in [3.63, 3.8) is 0 Å². The molecule has 84 valence electrons. The zero-order valence-corrected chi connectivity index (χ0v) is 10.8. The molecule has 2 unspecified atom stereocenters. The van der Waals surface area contributed by atoms with E-state index in [1.54, 1.807) is 0 Å². The Morgan fingerprint density at radius 2 is 2.20 bits per heavy atom. The number of esters is 1. The minimum absolute atomic E-state index is 0.227. The molecule has 0 aliphatic carbocycles. The number of hydrogen-bond donors (Lipinski definition) is 3. The van der Waals surface area contributed by atoms with Crippen LogP contribution in [0.2, 0.25) is 0 Å². The van der Waals surface area contributed by atoms with Crippen LogP contribution in [0.5, 0.6) is 0 Å². The van der Waals surface area contributed by atoms with Gasteiger partial charge < -0.3 is 15.2 Å². The second-order valence-electron chi connectivity index (χ2n) is 2.74. The number of hydrogen-bond acceptors (Lipinski definition) is 4. The Labute approximate surface area is 102 Å². The molecule has 0 saturated carbocycles. The molecule has 0 radical (unpaired) electrons. The molecule has 1 rings (SSSR count). The van der Waals surface area contributed by atoms with Crippen molar-refractivity contribution in [1.29, 1.82) is 0 Å². The van der Waals surface area contributed by atoms with Gasteiger partial charge in [-0.2, -0.15) is 0 Å². The molecule has 0 aromatic heterocycles. The Morgan fingerprint density at radius 1 is 1.60 bits per heavy atom. The number of urea groups is 1. The molecule has 2 atom stereocenters. The third-order valence-corrected chi connectivity index (χ3v) is 3.54. The van der Waals surface area contributed by atoms with E-state index in [1.807, 2.05) is 0 Å². The maximum atomic E-state index is 11.1. The second-order valence-corrected chi connectivity index (χ2v) is 4.39. The van der Waals surface area contributed by atoms with Crippen molar-refractivity contribution in [1.82, 2.24) is 10.6 Å². The van der Waals surface area contributed by atoms with Gasteiger partial charge in [0.2, 0.25) is 6.23 Å². The minimum atomic E-state index is -0.978. The normalized spacial score (nSPS) is 22.4. The third-order valence-electron chi connectivity index (χ3n) is 1.45. The van der Waals surface area contributed by atoms with Crippen molar-refractivity contribution in [2.45, 2.75) is 19.4 Å². The smallest absolute Gasteiger partial charge is 0.348 e. The molecule has 0 spiro atoms. The second kappa shape index (κ2) is 4.95. The van der Waals surface area contributed by atoms with Crippen molar-refractivity contribution < 1.29 is 19.4 Å². The van der Waals surface area contributed by atoms with Crippen LogP contribution < -0.4 is 10.6 Å². The van der Waals surface area contributed by atoms with Gasteiger partial charge in [-0.05, 0) is 38.8 Å². The van der Waals surface area contributed by atoms with Crippen LogP contribution in [0.25, 0.3) is 0 Å². The lowest BCUT2D eigenvalue weighted by atomic mass is 10.5. The van der Waals surface area contributed by atoms with Crippen LogP contribution in [0.15, 0.2) is 8.96 Å². The molecule has 1 aliphatic rings. The molecule has 0 fully saturated rings. The van der Waals surface area contributed by atoms with Gasteiger partial charge in [-0.15, -0.1) is 0 Å². The quantitative estimate of drug-likeness (QED) is 0.503. The number of carbonyl (C=O) groups is 2. The molecule has 0 bridgehead atoms. The first kappa shape index (κ1) is 12.5. The van der Waals surface area contributed by atoms with E-state index < -0.39 is 24.5 Å². The molecular formula is C7H8Br2N2O4. The molecule has 0 aromatic rings. The Bertz CT molecular complexity index is 329. The number of ether oxygens (including phenoxy) is 1. The van der Waals surface area contributed by atoms with Gasteiger partial charge in [0.15, 0.2) is 0 Å². The fourth-order valence-electron chi connectivity index (χ4n) is 0.866. The maximum Gasteiger partial charge on any atom is 0.348 e. The van der Waals surface area contributed by atoms with Gasteiger partial charge in [0.05, 0.1) is 4.48 Å². The average molecular weight is 344 g/mol. The molecule has 0 aromatic carbocycles. The summed E-state index contributed by atoms with van der Waals surface area (Å²) in [5, 5.41) is 13.4. The van der Waals surface area contributed by atoms with Gasteiger partial charge in [-0.1, -0.05) is 0 Å². The summed E-state index contributed by atoms with van der Waals surface area (Å²) in [5.74, 6) is -0.566. The van der Waals surface area contributed by atoms with Crippen LogP contribution in [-0.4, -0.2) is 29.6 Å². The number of amides is 2. The Morgan fingerprint density at radius 3 is 2.60 bits per heavy atom. The van der Waals surface area contributed by atoms with Gasteiger partial charge in [0, 0.05) is 0 Å². The van der Waals surface area contributed by atoms with E-state index in [0.717, 1.165) is 0 Å². The number of carbonyl (C=O) groups excluding carboxylic acids is 2. The zero-order chi connectivity index (χ0) is 11.6. The molecule has 2 amide bonds. The Hall–Kier alpha value is -0.600. The summed E-state index contributed by atoms with van der Waals surface area (Å²) < 4.78 is 5.40. The zero-order valence-electron chi connectivity index (χ0n) is 7.58. The molecule has 3 N–H and O–H groups in total. The van der Waals surface area contributed by atoms with Gasteiger partial charge in [-0.3, -0.25) is 5.32 Å². The van der Waals surface area contributed by atoms with E-state index in [9.17, 15) is 9.59 Å². The number of rotatable bonds is 2. The van der Waals surface area contributed by atoms with Crippen LogP contribution in [-0.2, 0) is 9.53 Å². The van der Waals surface area contributed by atoms with Crippen LogP contribution in [0.3, 0.4) is 0 Å². The maximum absolute atomic E-state index is 11.1. The summed E-state index contributed by atoms with van der Waals surface area (Å²) >= 11 is 6.07. The predicted octanol–water partition coefficient (Wildman–Crippen LogP) is 0.508. The topological polar surface area (TPSA) is 87.7 Å². The van der Waals surface area contributed by atoms with Crippen LogP contribution in [0.4, 0.5) is 4.79 Å². The number of nitrogens with one attached hydrogen (secondary N) is 2. The van der Waals surface area contributed by atoms with E-state index in [2.05, 4.69) is 42.5 Å². The Balaban J connectivity index is 2.55. The predicted molar refractivity (Wildman–Crippen MR) is 58.1 cm³/mol. The first-order valence-corrected chi connectivity index (χ1v) is 5.51. The number of aliphatic hydroxyl groups is 1. The fourth-order valence-corrected chi connectivity index (χ4v) is 1.54. The van der Waals surface area contributed by atoms with Gasteiger partial charge in [-0.25, -0.2) is 9.59 Å². The molecule has 15 heavy (non-hydrogen) atoms.